The van der Waals surface area contributed by atoms with Crippen molar-refractivity contribution in [2.75, 3.05) is 13.7 Å². The van der Waals surface area contributed by atoms with E-state index in [1.807, 2.05) is 7.05 Å². The molecule has 82 valence electrons. The van der Waals surface area contributed by atoms with Crippen LogP contribution in [-0.2, 0) is 6.54 Å². The molecule has 0 heterocycles. The molecule has 0 aromatic heterocycles. The Labute approximate surface area is 89.4 Å². The summed E-state index contributed by atoms with van der Waals surface area (Å²) in [7, 11) is 1.87. The van der Waals surface area contributed by atoms with Crippen molar-refractivity contribution in [2.24, 2.45) is 5.92 Å². The lowest BCUT2D eigenvalue weighted by atomic mass is 10.2. The minimum absolute atomic E-state index is 0.268. The van der Waals surface area contributed by atoms with Crippen molar-refractivity contribution in [3.8, 4) is 5.75 Å². The van der Waals surface area contributed by atoms with Gasteiger partial charge >= 0.3 is 0 Å². The molecule has 2 rings (SSSR count). The van der Waals surface area contributed by atoms with Crippen molar-refractivity contribution in [3.63, 3.8) is 0 Å². The largest absolute Gasteiger partial charge is 0.490 e. The Hall–Kier alpha value is -1.09. The zero-order valence-electron chi connectivity index (χ0n) is 8.92. The van der Waals surface area contributed by atoms with Crippen LogP contribution in [0.3, 0.4) is 0 Å². The maximum Gasteiger partial charge on any atom is 0.165 e. The zero-order chi connectivity index (χ0) is 10.7. The van der Waals surface area contributed by atoms with E-state index in [9.17, 15) is 4.39 Å². The fraction of sp³-hybridized carbons (Fsp3) is 0.500. The maximum atomic E-state index is 13.3. The molecule has 0 spiro atoms. The van der Waals surface area contributed by atoms with Gasteiger partial charge in [-0.05, 0) is 43.5 Å². The third kappa shape index (κ3) is 2.93. The van der Waals surface area contributed by atoms with E-state index in [2.05, 4.69) is 5.32 Å². The average molecular weight is 209 g/mol. The van der Waals surface area contributed by atoms with E-state index in [1.165, 1.54) is 18.9 Å². The van der Waals surface area contributed by atoms with Gasteiger partial charge < -0.3 is 10.1 Å². The highest BCUT2D eigenvalue weighted by Gasteiger charge is 2.22. The molecule has 0 atom stereocenters. The van der Waals surface area contributed by atoms with Gasteiger partial charge in [0.15, 0.2) is 11.6 Å². The van der Waals surface area contributed by atoms with Crippen LogP contribution in [0, 0.1) is 11.7 Å². The van der Waals surface area contributed by atoms with Crippen molar-refractivity contribution in [3.05, 3.63) is 29.6 Å². The number of ether oxygens (including phenoxy) is 1. The Morgan fingerprint density at radius 3 is 2.93 bits per heavy atom. The summed E-state index contributed by atoms with van der Waals surface area (Å²) in [6.07, 6.45) is 2.44. The first kappa shape index (κ1) is 10.4. The highest BCUT2D eigenvalue weighted by atomic mass is 19.1. The lowest BCUT2D eigenvalue weighted by Crippen LogP contribution is -2.06. The van der Waals surface area contributed by atoms with E-state index in [0.717, 1.165) is 12.1 Å². The molecule has 1 aromatic rings. The molecule has 0 radical (unpaired) electrons. The molecule has 0 unspecified atom stereocenters. The van der Waals surface area contributed by atoms with Crippen LogP contribution in [0.15, 0.2) is 18.2 Å². The van der Waals surface area contributed by atoms with Crippen molar-refractivity contribution in [2.45, 2.75) is 19.4 Å². The molecule has 1 aliphatic carbocycles. The van der Waals surface area contributed by atoms with Gasteiger partial charge in [0.1, 0.15) is 0 Å². The van der Waals surface area contributed by atoms with Crippen molar-refractivity contribution in [1.82, 2.24) is 5.32 Å². The smallest absolute Gasteiger partial charge is 0.165 e. The van der Waals surface area contributed by atoms with Crippen LogP contribution < -0.4 is 10.1 Å². The van der Waals surface area contributed by atoms with Gasteiger partial charge in [-0.3, -0.25) is 0 Å². The predicted molar refractivity (Wildman–Crippen MR) is 57.4 cm³/mol. The van der Waals surface area contributed by atoms with Gasteiger partial charge in [0.25, 0.3) is 0 Å². The maximum absolute atomic E-state index is 13.3. The second-order valence-electron chi connectivity index (χ2n) is 4.05. The Morgan fingerprint density at radius 2 is 2.27 bits per heavy atom. The quantitative estimate of drug-likeness (QED) is 0.803. The van der Waals surface area contributed by atoms with Gasteiger partial charge in [-0.25, -0.2) is 4.39 Å². The molecule has 1 fully saturated rings. The zero-order valence-corrected chi connectivity index (χ0v) is 8.92. The molecule has 0 amide bonds. The molecule has 1 aliphatic rings. The third-order valence-electron chi connectivity index (χ3n) is 2.55. The van der Waals surface area contributed by atoms with Gasteiger partial charge in [-0.15, -0.1) is 0 Å². The molecule has 1 saturated carbocycles. The van der Waals surface area contributed by atoms with Gasteiger partial charge in [-0.2, -0.15) is 0 Å². The summed E-state index contributed by atoms with van der Waals surface area (Å²) >= 11 is 0. The van der Waals surface area contributed by atoms with Crippen molar-refractivity contribution < 1.29 is 9.13 Å². The molecule has 1 N–H and O–H groups in total. The molecule has 1 aromatic carbocycles. The molecule has 15 heavy (non-hydrogen) atoms. The summed E-state index contributed by atoms with van der Waals surface area (Å²) in [5.74, 6) is 0.766. The lowest BCUT2D eigenvalue weighted by Gasteiger charge is -2.08. The number of benzene rings is 1. The summed E-state index contributed by atoms with van der Waals surface area (Å²) in [5.41, 5.74) is 1.05. The van der Waals surface area contributed by atoms with Crippen LogP contribution in [0.2, 0.25) is 0 Å². The van der Waals surface area contributed by atoms with Crippen LogP contribution in [0.1, 0.15) is 18.4 Å². The number of nitrogens with one attached hydrogen (secondary N) is 1. The summed E-state index contributed by atoms with van der Waals surface area (Å²) in [4.78, 5) is 0. The Kier molecular flexibility index (Phi) is 3.21. The van der Waals surface area contributed by atoms with E-state index < -0.39 is 0 Å². The van der Waals surface area contributed by atoms with Gasteiger partial charge in [-0.1, -0.05) is 6.07 Å². The molecule has 0 aliphatic heterocycles. The van der Waals surface area contributed by atoms with E-state index in [1.54, 1.807) is 12.1 Å². The summed E-state index contributed by atoms with van der Waals surface area (Å²) < 4.78 is 18.8. The summed E-state index contributed by atoms with van der Waals surface area (Å²) in [6, 6.07) is 5.01. The number of hydrogen-bond donors (Lipinski definition) is 1. The highest BCUT2D eigenvalue weighted by Crippen LogP contribution is 2.30. The van der Waals surface area contributed by atoms with Gasteiger partial charge in [0.2, 0.25) is 0 Å². The lowest BCUT2D eigenvalue weighted by molar-refractivity contribution is 0.285. The van der Waals surface area contributed by atoms with Crippen LogP contribution in [0.25, 0.3) is 0 Å². The van der Waals surface area contributed by atoms with Crippen molar-refractivity contribution >= 4 is 0 Å². The fourth-order valence-corrected chi connectivity index (χ4v) is 1.46. The van der Waals surface area contributed by atoms with Crippen LogP contribution in [-0.4, -0.2) is 13.7 Å². The Bertz CT molecular complexity index is 336. The van der Waals surface area contributed by atoms with Gasteiger partial charge in [0.05, 0.1) is 6.61 Å². The predicted octanol–water partition coefficient (Wildman–Crippen LogP) is 2.33. The summed E-state index contributed by atoms with van der Waals surface area (Å²) in [5, 5.41) is 3.03. The van der Waals surface area contributed by atoms with Crippen molar-refractivity contribution in [1.29, 1.82) is 0 Å². The SMILES string of the molecule is CNCc1ccc(F)c(OCC2CC2)c1. The Balaban J connectivity index is 2.01. The molecule has 3 heteroatoms. The third-order valence-corrected chi connectivity index (χ3v) is 2.55. The number of hydrogen-bond acceptors (Lipinski definition) is 2. The average Bonchev–Trinajstić information content (AvgIpc) is 3.03. The van der Waals surface area contributed by atoms with Crippen LogP contribution in [0.4, 0.5) is 4.39 Å². The van der Waals surface area contributed by atoms with Crippen LogP contribution >= 0.6 is 0 Å². The minimum Gasteiger partial charge on any atom is -0.490 e. The Morgan fingerprint density at radius 1 is 1.47 bits per heavy atom. The first-order valence-electron chi connectivity index (χ1n) is 5.35. The first-order valence-corrected chi connectivity index (χ1v) is 5.35. The van der Waals surface area contributed by atoms with E-state index in [4.69, 9.17) is 4.74 Å². The number of rotatable bonds is 5. The standard InChI is InChI=1S/C12H16FNO/c1-14-7-10-4-5-11(13)12(6-10)15-8-9-2-3-9/h4-6,9,14H,2-3,7-8H2,1H3. The molecule has 0 bridgehead atoms. The second kappa shape index (κ2) is 4.62. The first-order chi connectivity index (χ1) is 7.29. The van der Waals surface area contributed by atoms with Crippen LogP contribution in [0.5, 0.6) is 5.75 Å². The van der Waals surface area contributed by atoms with E-state index in [0.29, 0.717) is 18.3 Å². The van der Waals surface area contributed by atoms with E-state index >= 15 is 0 Å². The molecule has 2 nitrogen and oxygen atoms in total. The van der Waals surface area contributed by atoms with Gasteiger partial charge in [0, 0.05) is 6.54 Å². The minimum atomic E-state index is -0.268. The molecule has 0 saturated heterocycles. The monoisotopic (exact) mass is 209 g/mol. The van der Waals surface area contributed by atoms with E-state index in [-0.39, 0.29) is 5.82 Å². The second-order valence-corrected chi connectivity index (χ2v) is 4.05. The highest BCUT2D eigenvalue weighted by molar-refractivity contribution is 5.30. The summed E-state index contributed by atoms with van der Waals surface area (Å²) in [6.45, 7) is 1.39. The normalized spacial score (nSPS) is 15.3. The molecular formula is C12H16FNO. The topological polar surface area (TPSA) is 21.3 Å². The molecular weight excluding hydrogens is 193 g/mol. The fourth-order valence-electron chi connectivity index (χ4n) is 1.46. The number of halogens is 1.